The molecule has 0 aliphatic heterocycles. The second-order valence-electron chi connectivity index (χ2n) is 2.12. The van der Waals surface area contributed by atoms with Crippen LogP contribution in [-0.2, 0) is 4.57 Å². The van der Waals surface area contributed by atoms with Crippen molar-refractivity contribution >= 4 is 24.7 Å². The Bertz CT molecular complexity index is 280. The predicted octanol–water partition coefficient (Wildman–Crippen LogP) is -0.0567. The molecule has 0 saturated carbocycles. The van der Waals surface area contributed by atoms with Crippen molar-refractivity contribution in [1.29, 1.82) is 0 Å². The second-order valence-corrected chi connectivity index (χ2v) is 3.23. The number of nitrogen functional groups attached to an aromatic ring is 2. The molecule has 0 aromatic heterocycles. The van der Waals surface area contributed by atoms with E-state index in [1.54, 1.807) is 18.2 Å². The Labute approximate surface area is 64.7 Å². The fourth-order valence-corrected chi connectivity index (χ4v) is 1.50. The van der Waals surface area contributed by atoms with E-state index in [4.69, 9.17) is 16.4 Å². The highest BCUT2D eigenvalue weighted by Crippen LogP contribution is 2.21. The van der Waals surface area contributed by atoms with Crippen molar-refractivity contribution in [2.75, 3.05) is 11.5 Å². The largest absolute Gasteiger partial charge is 0.398 e. The molecule has 0 aliphatic carbocycles. The Balaban J connectivity index is 3.32. The number of hydrogen-bond donors (Lipinski definition) is 3. The summed E-state index contributed by atoms with van der Waals surface area (Å²) in [5.41, 5.74) is 11.4. The molecule has 5 heteroatoms. The van der Waals surface area contributed by atoms with E-state index < -0.39 is 8.03 Å². The molecule has 1 aromatic rings. The Morgan fingerprint density at radius 1 is 1.27 bits per heavy atom. The van der Waals surface area contributed by atoms with Gasteiger partial charge < -0.3 is 16.4 Å². The van der Waals surface area contributed by atoms with Crippen LogP contribution in [0.2, 0.25) is 0 Å². The maximum Gasteiger partial charge on any atom is 0.222 e. The van der Waals surface area contributed by atoms with Crippen molar-refractivity contribution in [1.82, 2.24) is 0 Å². The summed E-state index contributed by atoms with van der Waals surface area (Å²) in [6.07, 6.45) is 0. The lowest BCUT2D eigenvalue weighted by molar-refractivity contribution is 0.513. The number of rotatable bonds is 1. The number of nitrogens with two attached hydrogens (primary N) is 2. The average molecular weight is 172 g/mol. The molecule has 1 unspecified atom stereocenters. The van der Waals surface area contributed by atoms with Crippen molar-refractivity contribution in [3.63, 3.8) is 0 Å². The molecule has 5 N–H and O–H groups in total. The van der Waals surface area contributed by atoms with Crippen LogP contribution in [0, 0.1) is 0 Å². The molecule has 1 aromatic carbocycles. The molecule has 0 amide bonds. The molecular weight excluding hydrogens is 163 g/mol. The number of anilines is 2. The first-order valence-electron chi connectivity index (χ1n) is 3.00. The predicted molar refractivity (Wildman–Crippen MR) is 46.1 cm³/mol. The van der Waals surface area contributed by atoms with Crippen LogP contribution in [-0.4, -0.2) is 4.89 Å². The van der Waals surface area contributed by atoms with Gasteiger partial charge in [0.25, 0.3) is 0 Å². The molecule has 0 fully saturated rings. The minimum Gasteiger partial charge on any atom is -0.398 e. The van der Waals surface area contributed by atoms with E-state index in [9.17, 15) is 4.57 Å². The molecule has 0 spiro atoms. The van der Waals surface area contributed by atoms with Crippen LogP contribution in [0.4, 0.5) is 11.4 Å². The second kappa shape index (κ2) is 2.95. The summed E-state index contributed by atoms with van der Waals surface area (Å²) < 4.78 is 10.7. The first kappa shape index (κ1) is 8.11. The van der Waals surface area contributed by atoms with Gasteiger partial charge in [0.2, 0.25) is 8.03 Å². The summed E-state index contributed by atoms with van der Waals surface area (Å²) in [5, 5.41) is 0.164. The molecule has 0 bridgehead atoms. The van der Waals surface area contributed by atoms with Gasteiger partial charge >= 0.3 is 0 Å². The first-order valence-corrected chi connectivity index (χ1v) is 4.35. The van der Waals surface area contributed by atoms with Gasteiger partial charge in [0.05, 0.1) is 5.30 Å². The van der Waals surface area contributed by atoms with Crippen LogP contribution in [0.3, 0.4) is 0 Å². The van der Waals surface area contributed by atoms with Gasteiger partial charge in [0, 0.05) is 11.4 Å². The average Bonchev–Trinajstić information content (AvgIpc) is 1.85. The van der Waals surface area contributed by atoms with Crippen molar-refractivity contribution in [2.24, 2.45) is 0 Å². The lowest BCUT2D eigenvalue weighted by atomic mass is 10.3. The SMILES string of the molecule is Nc1cccc(N)c1[PH](=O)O. The van der Waals surface area contributed by atoms with Crippen LogP contribution < -0.4 is 16.8 Å². The maximum absolute atomic E-state index is 10.7. The molecule has 60 valence electrons. The highest BCUT2D eigenvalue weighted by molar-refractivity contribution is 7.48. The Morgan fingerprint density at radius 3 is 2.00 bits per heavy atom. The monoisotopic (exact) mass is 172 g/mol. The Kier molecular flexibility index (Phi) is 2.17. The minimum absolute atomic E-state index is 0.164. The summed E-state index contributed by atoms with van der Waals surface area (Å²) in [5.74, 6) is 0. The lowest BCUT2D eigenvalue weighted by Gasteiger charge is -2.03. The zero-order valence-electron chi connectivity index (χ0n) is 5.74. The van der Waals surface area contributed by atoms with Gasteiger partial charge in [-0.2, -0.15) is 0 Å². The Hall–Kier alpha value is -0.990. The van der Waals surface area contributed by atoms with Gasteiger partial charge in [-0.25, -0.2) is 0 Å². The van der Waals surface area contributed by atoms with Crippen LogP contribution in [0.1, 0.15) is 0 Å². The smallest absolute Gasteiger partial charge is 0.222 e. The van der Waals surface area contributed by atoms with Gasteiger partial charge in [0.15, 0.2) is 0 Å². The van der Waals surface area contributed by atoms with Crippen molar-refractivity contribution in [3.8, 4) is 0 Å². The minimum atomic E-state index is -2.77. The summed E-state index contributed by atoms with van der Waals surface area (Å²) in [6.45, 7) is 0. The third-order valence-corrected chi connectivity index (χ3v) is 2.35. The molecule has 11 heavy (non-hydrogen) atoms. The van der Waals surface area contributed by atoms with Crippen molar-refractivity contribution in [2.45, 2.75) is 0 Å². The van der Waals surface area contributed by atoms with E-state index in [-0.39, 0.29) is 16.7 Å². The van der Waals surface area contributed by atoms with Gasteiger partial charge in [-0.1, -0.05) is 6.07 Å². The zero-order valence-corrected chi connectivity index (χ0v) is 6.74. The topological polar surface area (TPSA) is 89.3 Å². The fraction of sp³-hybridized carbons (Fsp3) is 0. The van der Waals surface area contributed by atoms with E-state index in [0.717, 1.165) is 0 Å². The normalized spacial score (nSPS) is 12.8. The van der Waals surface area contributed by atoms with E-state index >= 15 is 0 Å². The van der Waals surface area contributed by atoms with E-state index in [1.807, 2.05) is 0 Å². The zero-order chi connectivity index (χ0) is 8.43. The third kappa shape index (κ3) is 1.53. The van der Waals surface area contributed by atoms with Crippen molar-refractivity contribution < 1.29 is 9.46 Å². The highest BCUT2D eigenvalue weighted by atomic mass is 31.1. The summed E-state index contributed by atoms with van der Waals surface area (Å²) in [4.78, 5) is 8.77. The molecule has 0 aliphatic rings. The lowest BCUT2D eigenvalue weighted by Crippen LogP contribution is -2.10. The van der Waals surface area contributed by atoms with E-state index in [2.05, 4.69) is 0 Å². The van der Waals surface area contributed by atoms with Gasteiger partial charge in [0.1, 0.15) is 0 Å². The van der Waals surface area contributed by atoms with Crippen LogP contribution in [0.15, 0.2) is 18.2 Å². The number of hydrogen-bond acceptors (Lipinski definition) is 3. The van der Waals surface area contributed by atoms with Gasteiger partial charge in [-0.05, 0) is 12.1 Å². The quantitative estimate of drug-likeness (QED) is 0.409. The molecule has 1 atom stereocenters. The van der Waals surface area contributed by atoms with Crippen LogP contribution >= 0.6 is 8.03 Å². The third-order valence-electron chi connectivity index (χ3n) is 1.34. The molecule has 0 heterocycles. The summed E-state index contributed by atoms with van der Waals surface area (Å²) in [6, 6.07) is 4.73. The van der Waals surface area contributed by atoms with Crippen LogP contribution in [0.5, 0.6) is 0 Å². The van der Waals surface area contributed by atoms with Crippen molar-refractivity contribution in [3.05, 3.63) is 18.2 Å². The van der Waals surface area contributed by atoms with Gasteiger partial charge in [-0.15, -0.1) is 0 Å². The first-order chi connectivity index (χ1) is 5.13. The van der Waals surface area contributed by atoms with E-state index in [0.29, 0.717) is 0 Å². The molecular formula is C6H9N2O2P. The molecule has 0 radical (unpaired) electrons. The van der Waals surface area contributed by atoms with E-state index in [1.165, 1.54) is 0 Å². The molecule has 0 saturated heterocycles. The highest BCUT2D eigenvalue weighted by Gasteiger charge is 2.07. The fourth-order valence-electron chi connectivity index (χ4n) is 0.836. The molecule has 1 rings (SSSR count). The summed E-state index contributed by atoms with van der Waals surface area (Å²) in [7, 11) is -2.77. The summed E-state index contributed by atoms with van der Waals surface area (Å²) >= 11 is 0. The number of benzene rings is 1. The molecule has 4 nitrogen and oxygen atoms in total. The Morgan fingerprint density at radius 2 is 1.73 bits per heavy atom. The maximum atomic E-state index is 10.7. The van der Waals surface area contributed by atoms with Gasteiger partial charge in [-0.3, -0.25) is 4.57 Å². The van der Waals surface area contributed by atoms with Crippen LogP contribution in [0.25, 0.3) is 0 Å². The standard InChI is InChI=1S/C6H9N2O2P/c7-4-2-1-3-5(8)6(4)11(9)10/h1-3,11H,7-8H2,(H,9,10).